The number of amides is 1. The second-order valence-electron chi connectivity index (χ2n) is 8.21. The van der Waals surface area contributed by atoms with Crippen molar-refractivity contribution in [2.24, 2.45) is 23.2 Å². The first-order valence-corrected chi connectivity index (χ1v) is 8.97. The maximum Gasteiger partial charge on any atom is 0.292 e. The van der Waals surface area contributed by atoms with Crippen molar-refractivity contribution < 1.29 is 4.79 Å². The van der Waals surface area contributed by atoms with Gasteiger partial charge in [-0.15, -0.1) is 5.43 Å². The van der Waals surface area contributed by atoms with E-state index in [0.29, 0.717) is 0 Å². The number of carbonyl (C=O) groups is 1. The maximum atomic E-state index is 12.8. The molecule has 1 amide bonds. The Balaban J connectivity index is 1.57. The number of benzene rings is 1. The van der Waals surface area contributed by atoms with Gasteiger partial charge in [0.2, 0.25) is 0 Å². The zero-order valence-corrected chi connectivity index (χ0v) is 13.7. The van der Waals surface area contributed by atoms with Crippen LogP contribution in [0, 0.1) is 23.2 Å². The summed E-state index contributed by atoms with van der Waals surface area (Å²) in [7, 11) is 0. The van der Waals surface area contributed by atoms with E-state index in [1.807, 2.05) is 35.3 Å². The van der Waals surface area contributed by atoms with Crippen molar-refractivity contribution in [2.45, 2.75) is 45.4 Å². The number of nitrogens with zero attached hydrogens (tertiary/aromatic N) is 2. The molecule has 0 saturated heterocycles. The van der Waals surface area contributed by atoms with Gasteiger partial charge in [-0.2, -0.15) is 0 Å². The lowest BCUT2D eigenvalue weighted by molar-refractivity contribution is -0.120. The van der Waals surface area contributed by atoms with E-state index in [9.17, 15) is 4.79 Å². The molecule has 0 atom stereocenters. The van der Waals surface area contributed by atoms with Gasteiger partial charge in [-0.1, -0.05) is 18.2 Å². The molecule has 119 valence electrons. The minimum absolute atomic E-state index is 0.0216. The third-order valence-corrected chi connectivity index (χ3v) is 6.65. The Kier molecular flexibility index (Phi) is 2.74. The lowest BCUT2D eigenvalue weighted by Gasteiger charge is -2.57. The Morgan fingerprint density at radius 1 is 1.00 bits per heavy atom. The van der Waals surface area contributed by atoms with E-state index < -0.39 is 0 Å². The molecule has 1 heterocycles. The maximum absolute atomic E-state index is 12.8. The third kappa shape index (κ3) is 1.92. The van der Waals surface area contributed by atoms with Crippen LogP contribution in [0.3, 0.4) is 0 Å². The summed E-state index contributed by atoms with van der Waals surface area (Å²) in [6.45, 7) is 2.09. The highest BCUT2D eigenvalue weighted by molar-refractivity contribution is 6.00. The molecule has 0 unspecified atom stereocenters. The molecule has 0 aromatic heterocycles. The lowest BCUT2D eigenvalue weighted by atomic mass is 9.47. The Morgan fingerprint density at radius 3 is 2.13 bits per heavy atom. The molecule has 4 bridgehead atoms. The van der Waals surface area contributed by atoms with Crippen LogP contribution in [0.2, 0.25) is 0 Å². The van der Waals surface area contributed by atoms with E-state index in [2.05, 4.69) is 12.3 Å². The van der Waals surface area contributed by atoms with E-state index in [4.69, 9.17) is 0 Å². The van der Waals surface area contributed by atoms with Crippen molar-refractivity contribution in [3.8, 4) is 0 Å². The number of hydrogen-bond donors (Lipinski definition) is 0. The largest absolute Gasteiger partial charge is 0.292 e. The second kappa shape index (κ2) is 4.62. The molecule has 1 aromatic carbocycles. The van der Waals surface area contributed by atoms with Crippen LogP contribution < -0.4 is 10.4 Å². The first-order chi connectivity index (χ1) is 11.1. The minimum Gasteiger partial charge on any atom is -0.265 e. The number of hydrogen-bond acceptors (Lipinski definition) is 2. The Bertz CT molecular complexity index is 656. The van der Waals surface area contributed by atoms with Crippen molar-refractivity contribution >= 4 is 11.6 Å². The number of carbonyl (C=O) groups excluding carboxylic acids is 1. The summed E-state index contributed by atoms with van der Waals surface area (Å²) in [6.07, 6.45) is 7.86. The van der Waals surface area contributed by atoms with Gasteiger partial charge in [0, 0.05) is 16.7 Å². The van der Waals surface area contributed by atoms with Crippen LogP contribution in [-0.4, -0.2) is 5.91 Å². The van der Waals surface area contributed by atoms with Gasteiger partial charge < -0.3 is 0 Å². The van der Waals surface area contributed by atoms with Crippen LogP contribution in [0.25, 0.3) is 0 Å². The summed E-state index contributed by atoms with van der Waals surface area (Å²) < 4.78 is 0. The highest BCUT2D eigenvalue weighted by atomic mass is 16.2. The summed E-state index contributed by atoms with van der Waals surface area (Å²) >= 11 is 0. The third-order valence-electron chi connectivity index (χ3n) is 6.65. The summed E-state index contributed by atoms with van der Waals surface area (Å²) in [6, 6.07) is 10.1. The predicted octanol–water partition coefficient (Wildman–Crippen LogP) is 4.04. The average molecular weight is 307 g/mol. The van der Waals surface area contributed by atoms with Crippen LogP contribution >= 0.6 is 0 Å². The number of anilines is 1. The fourth-order valence-electron chi connectivity index (χ4n) is 6.32. The molecule has 3 nitrogen and oxygen atoms in total. The molecule has 3 heteroatoms. The fraction of sp³-hybridized carbons (Fsp3) is 0.550. The van der Waals surface area contributed by atoms with Gasteiger partial charge in [-0.3, -0.25) is 4.79 Å². The van der Waals surface area contributed by atoms with Crippen LogP contribution in [-0.2, 0) is 4.79 Å². The summed E-state index contributed by atoms with van der Waals surface area (Å²) in [5.74, 6) is 2.56. The number of rotatable bonds is 2. The SMILES string of the molecule is CC1=C(C23CC4CC(CC(C4)C2)C3)C(=O)[N]N1c1ccccc1. The summed E-state index contributed by atoms with van der Waals surface area (Å²) in [4.78, 5) is 12.8. The topological polar surface area (TPSA) is 34.4 Å². The number of allylic oxidation sites excluding steroid dienone is 1. The second-order valence-corrected chi connectivity index (χ2v) is 8.21. The van der Waals surface area contributed by atoms with Gasteiger partial charge in [0.25, 0.3) is 5.91 Å². The van der Waals surface area contributed by atoms with Crippen LogP contribution in [0.1, 0.15) is 45.4 Å². The van der Waals surface area contributed by atoms with Crippen LogP contribution in [0.4, 0.5) is 5.69 Å². The molecule has 1 aliphatic heterocycles. The van der Waals surface area contributed by atoms with Crippen molar-refractivity contribution in [3.63, 3.8) is 0 Å². The smallest absolute Gasteiger partial charge is 0.265 e. The van der Waals surface area contributed by atoms with Crippen molar-refractivity contribution in [3.05, 3.63) is 41.6 Å². The van der Waals surface area contributed by atoms with Gasteiger partial charge in [0.1, 0.15) is 0 Å². The summed E-state index contributed by atoms with van der Waals surface area (Å²) in [5.41, 5.74) is 7.64. The van der Waals surface area contributed by atoms with Crippen molar-refractivity contribution in [1.82, 2.24) is 5.43 Å². The van der Waals surface area contributed by atoms with Crippen molar-refractivity contribution in [1.29, 1.82) is 0 Å². The predicted molar refractivity (Wildman–Crippen MR) is 89.4 cm³/mol. The average Bonchev–Trinajstić information content (AvgIpc) is 2.82. The van der Waals surface area contributed by atoms with Crippen molar-refractivity contribution in [2.75, 3.05) is 5.01 Å². The van der Waals surface area contributed by atoms with Crippen LogP contribution in [0.15, 0.2) is 41.6 Å². The molecular weight excluding hydrogens is 284 g/mol. The minimum atomic E-state index is 0.0216. The highest BCUT2D eigenvalue weighted by Gasteiger charge is 2.56. The molecular formula is C20H23N2O. The Hall–Kier alpha value is -1.77. The number of para-hydroxylation sites is 1. The standard InChI is InChI=1S/C20H23N2O/c1-13-18(19(23)21-22(13)17-5-3-2-4-6-17)20-10-14-7-15(11-20)9-16(8-14)12-20/h2-6,14-16H,7-12H2,1H3. The Labute approximate surface area is 137 Å². The van der Waals surface area contributed by atoms with Gasteiger partial charge in [0.15, 0.2) is 0 Å². The first kappa shape index (κ1) is 13.6. The highest BCUT2D eigenvalue weighted by Crippen LogP contribution is 2.63. The van der Waals surface area contributed by atoms with E-state index in [1.54, 1.807) is 0 Å². The molecule has 23 heavy (non-hydrogen) atoms. The molecule has 0 spiro atoms. The van der Waals surface area contributed by atoms with E-state index in [1.165, 1.54) is 38.5 Å². The fourth-order valence-corrected chi connectivity index (χ4v) is 6.32. The van der Waals surface area contributed by atoms with E-state index in [-0.39, 0.29) is 11.3 Å². The lowest BCUT2D eigenvalue weighted by Crippen LogP contribution is -2.48. The Morgan fingerprint density at radius 2 is 1.57 bits per heavy atom. The zero-order valence-electron chi connectivity index (χ0n) is 13.7. The van der Waals surface area contributed by atoms with Crippen LogP contribution in [0.5, 0.6) is 0 Å². The summed E-state index contributed by atoms with van der Waals surface area (Å²) in [5, 5.41) is 1.87. The molecule has 4 fully saturated rings. The van der Waals surface area contributed by atoms with Gasteiger partial charge in [-0.25, -0.2) is 5.01 Å². The molecule has 1 aromatic rings. The molecule has 4 saturated carbocycles. The monoisotopic (exact) mass is 307 g/mol. The van der Waals surface area contributed by atoms with E-state index >= 15 is 0 Å². The molecule has 5 aliphatic rings. The zero-order chi connectivity index (χ0) is 15.6. The van der Waals surface area contributed by atoms with Gasteiger partial charge in [-0.05, 0) is 75.3 Å². The molecule has 4 aliphatic carbocycles. The van der Waals surface area contributed by atoms with E-state index in [0.717, 1.165) is 34.7 Å². The molecule has 0 N–H and O–H groups in total. The quantitative estimate of drug-likeness (QED) is 0.826. The first-order valence-electron chi connectivity index (χ1n) is 8.97. The van der Waals surface area contributed by atoms with Gasteiger partial charge in [0.05, 0.1) is 5.69 Å². The molecule has 6 rings (SSSR count). The van der Waals surface area contributed by atoms with Gasteiger partial charge >= 0.3 is 0 Å². The normalized spacial score (nSPS) is 38.4. The molecule has 1 radical (unpaired) electrons.